The van der Waals surface area contributed by atoms with Crippen molar-refractivity contribution < 1.29 is 9.90 Å². The minimum absolute atomic E-state index is 0.188. The molecular weight excluding hydrogens is 357 g/mol. The quantitative estimate of drug-likeness (QED) is 0.728. The van der Waals surface area contributed by atoms with Crippen molar-refractivity contribution in [3.63, 3.8) is 0 Å². The Bertz CT molecular complexity index is 691. The van der Waals surface area contributed by atoms with Gasteiger partial charge in [0.15, 0.2) is 0 Å². The minimum Gasteiger partial charge on any atom is -0.391 e. The number of rotatable bonds is 7. The van der Waals surface area contributed by atoms with Gasteiger partial charge in [-0.2, -0.15) is 0 Å². The summed E-state index contributed by atoms with van der Waals surface area (Å²) in [5, 5.41) is 11.0. The van der Waals surface area contributed by atoms with E-state index in [0.29, 0.717) is 16.5 Å². The molecule has 2 rings (SSSR count). The summed E-state index contributed by atoms with van der Waals surface area (Å²) in [5.74, 6) is 0.177. The van der Waals surface area contributed by atoms with Crippen molar-refractivity contribution in [1.82, 2.24) is 9.55 Å². The zero-order valence-corrected chi connectivity index (χ0v) is 14.8. The maximum Gasteiger partial charge on any atom is 0.268 e. The van der Waals surface area contributed by atoms with Gasteiger partial charge >= 0.3 is 0 Å². The van der Waals surface area contributed by atoms with E-state index < -0.39 is 12.0 Å². The first-order chi connectivity index (χ1) is 10.9. The third-order valence-electron chi connectivity index (χ3n) is 3.37. The van der Waals surface area contributed by atoms with E-state index in [4.69, 9.17) is 28.9 Å². The number of thioether (sulfide) groups is 1. The van der Waals surface area contributed by atoms with Gasteiger partial charge in [-0.05, 0) is 31.5 Å². The van der Waals surface area contributed by atoms with E-state index in [2.05, 4.69) is 4.98 Å². The predicted molar refractivity (Wildman–Crippen MR) is 93.3 cm³/mol. The van der Waals surface area contributed by atoms with Crippen molar-refractivity contribution in [3.05, 3.63) is 46.5 Å². The van der Waals surface area contributed by atoms with Gasteiger partial charge in [0.05, 0.1) is 28.5 Å². The van der Waals surface area contributed by atoms with E-state index in [1.807, 2.05) is 12.1 Å². The van der Waals surface area contributed by atoms with Gasteiger partial charge in [0.1, 0.15) is 5.69 Å². The summed E-state index contributed by atoms with van der Waals surface area (Å²) in [6, 6.07) is 5.28. The van der Waals surface area contributed by atoms with Gasteiger partial charge in [0, 0.05) is 16.8 Å². The first kappa shape index (κ1) is 18.1. The van der Waals surface area contributed by atoms with E-state index >= 15 is 0 Å². The van der Waals surface area contributed by atoms with Gasteiger partial charge < -0.3 is 15.4 Å². The van der Waals surface area contributed by atoms with Crippen molar-refractivity contribution in [1.29, 1.82) is 0 Å². The first-order valence-corrected chi connectivity index (χ1v) is 8.72. The summed E-state index contributed by atoms with van der Waals surface area (Å²) in [4.78, 5) is 16.1. The van der Waals surface area contributed by atoms with Crippen LogP contribution < -0.4 is 5.73 Å². The van der Waals surface area contributed by atoms with Crippen molar-refractivity contribution in [2.24, 2.45) is 5.73 Å². The number of aliphatic hydroxyl groups excluding tert-OH is 1. The molecule has 0 saturated heterocycles. The molecule has 3 N–H and O–H groups in total. The molecule has 5 nitrogen and oxygen atoms in total. The van der Waals surface area contributed by atoms with Crippen LogP contribution in [0.2, 0.25) is 10.0 Å². The molecule has 0 unspecified atom stereocenters. The molecule has 1 aromatic heterocycles. The fourth-order valence-corrected chi connectivity index (χ4v) is 3.47. The number of benzene rings is 1. The second-order valence-corrected chi connectivity index (χ2v) is 7.07. The molecule has 0 saturated carbocycles. The van der Waals surface area contributed by atoms with Crippen LogP contribution in [-0.2, 0) is 0 Å². The van der Waals surface area contributed by atoms with Crippen LogP contribution in [0.5, 0.6) is 0 Å². The molecule has 0 radical (unpaired) electrons. The summed E-state index contributed by atoms with van der Waals surface area (Å²) in [6.45, 7) is 1.71. The summed E-state index contributed by atoms with van der Waals surface area (Å²) in [5.41, 5.74) is 5.39. The number of aliphatic hydroxyl groups is 1. The van der Waals surface area contributed by atoms with E-state index in [0.717, 1.165) is 10.6 Å². The highest BCUT2D eigenvalue weighted by Crippen LogP contribution is 2.29. The van der Waals surface area contributed by atoms with Gasteiger partial charge in [0.25, 0.3) is 5.91 Å². The minimum atomic E-state index is -0.585. The average molecular weight is 374 g/mol. The van der Waals surface area contributed by atoms with Crippen LogP contribution in [0.3, 0.4) is 0 Å². The zero-order valence-electron chi connectivity index (χ0n) is 12.4. The molecule has 0 bridgehead atoms. The van der Waals surface area contributed by atoms with Crippen LogP contribution in [0, 0.1) is 0 Å². The van der Waals surface area contributed by atoms with Gasteiger partial charge in [-0.1, -0.05) is 23.2 Å². The lowest BCUT2D eigenvalue weighted by Crippen LogP contribution is -2.21. The van der Waals surface area contributed by atoms with Crippen LogP contribution in [0.1, 0.15) is 29.9 Å². The molecule has 0 spiro atoms. The Morgan fingerprint density at radius 3 is 2.74 bits per heavy atom. The van der Waals surface area contributed by atoms with E-state index in [9.17, 15) is 9.90 Å². The van der Waals surface area contributed by atoms with Crippen LogP contribution in [0.15, 0.2) is 35.6 Å². The lowest BCUT2D eigenvalue weighted by molar-refractivity contribution is 0.0994. The van der Waals surface area contributed by atoms with E-state index in [-0.39, 0.29) is 11.7 Å². The van der Waals surface area contributed by atoms with Gasteiger partial charge in [-0.3, -0.25) is 4.79 Å². The molecule has 23 heavy (non-hydrogen) atoms. The molecular formula is C15H17Cl2N3O2S. The number of nitrogens with two attached hydrogens (primary N) is 1. The molecule has 2 atom stereocenters. The summed E-state index contributed by atoms with van der Waals surface area (Å²) in [6.07, 6.45) is 3.18. The van der Waals surface area contributed by atoms with Crippen molar-refractivity contribution in [2.75, 3.05) is 5.75 Å². The number of primary amides is 1. The Morgan fingerprint density at radius 2 is 2.17 bits per heavy atom. The monoisotopic (exact) mass is 373 g/mol. The lowest BCUT2D eigenvalue weighted by Gasteiger charge is -2.21. The number of halogens is 2. The van der Waals surface area contributed by atoms with E-state index in [1.165, 1.54) is 6.33 Å². The third-order valence-corrected chi connectivity index (χ3v) is 5.13. The Kier molecular flexibility index (Phi) is 6.35. The first-order valence-electron chi connectivity index (χ1n) is 6.97. The average Bonchev–Trinajstić information content (AvgIpc) is 2.96. The number of aromatic nitrogens is 2. The standard InChI is InChI=1S/C15H17Cl2N3O2S/c1-9(21)14(20-7-13(15(18)22)19-8-20)4-5-23-10-2-3-11(16)12(17)6-10/h2-3,6-9,14,21H,4-5H2,1H3,(H2,18,22)/t9-,14+/m0/s1. The van der Waals surface area contributed by atoms with Gasteiger partial charge in [-0.25, -0.2) is 4.98 Å². The number of hydrogen-bond donors (Lipinski definition) is 2. The molecule has 0 aliphatic carbocycles. The highest BCUT2D eigenvalue weighted by atomic mass is 35.5. The second-order valence-electron chi connectivity index (χ2n) is 5.09. The normalized spacial score (nSPS) is 13.7. The highest BCUT2D eigenvalue weighted by Gasteiger charge is 2.18. The van der Waals surface area contributed by atoms with Crippen LogP contribution in [0.25, 0.3) is 0 Å². The largest absolute Gasteiger partial charge is 0.391 e. The second kappa shape index (κ2) is 8.06. The van der Waals surface area contributed by atoms with Gasteiger partial charge in [-0.15, -0.1) is 11.8 Å². The highest BCUT2D eigenvalue weighted by molar-refractivity contribution is 7.99. The fourth-order valence-electron chi connectivity index (χ4n) is 2.15. The van der Waals surface area contributed by atoms with Crippen molar-refractivity contribution in [2.45, 2.75) is 30.4 Å². The summed E-state index contributed by atoms with van der Waals surface area (Å²) >= 11 is 13.5. The molecule has 0 aliphatic heterocycles. The Morgan fingerprint density at radius 1 is 1.43 bits per heavy atom. The molecule has 124 valence electrons. The topological polar surface area (TPSA) is 81.1 Å². The maximum absolute atomic E-state index is 11.1. The Hall–Kier alpha value is -1.21. The fraction of sp³-hybridized carbons (Fsp3) is 0.333. The zero-order chi connectivity index (χ0) is 17.0. The lowest BCUT2D eigenvalue weighted by atomic mass is 10.1. The summed E-state index contributed by atoms with van der Waals surface area (Å²) < 4.78 is 1.72. The molecule has 1 amide bonds. The summed E-state index contributed by atoms with van der Waals surface area (Å²) in [7, 11) is 0. The molecule has 1 aromatic carbocycles. The number of imidazole rings is 1. The SMILES string of the molecule is C[C@H](O)[C@@H](CCSc1ccc(Cl)c(Cl)c1)n1cnc(C(N)=O)c1. The molecule has 8 heteroatoms. The van der Waals surface area contributed by atoms with Crippen LogP contribution in [0.4, 0.5) is 0 Å². The smallest absolute Gasteiger partial charge is 0.268 e. The Balaban J connectivity index is 1.99. The van der Waals surface area contributed by atoms with Crippen molar-refractivity contribution in [3.8, 4) is 0 Å². The number of carbonyl (C=O) groups excluding carboxylic acids is 1. The van der Waals surface area contributed by atoms with E-state index in [1.54, 1.807) is 35.5 Å². The molecule has 0 fully saturated rings. The number of hydrogen-bond acceptors (Lipinski definition) is 4. The molecule has 1 heterocycles. The maximum atomic E-state index is 11.1. The number of nitrogens with zero attached hydrogens (tertiary/aromatic N) is 2. The van der Waals surface area contributed by atoms with Gasteiger partial charge in [0.2, 0.25) is 0 Å². The number of amides is 1. The predicted octanol–water partition coefficient (Wildman–Crippen LogP) is 3.39. The van der Waals surface area contributed by atoms with Crippen LogP contribution >= 0.6 is 35.0 Å². The number of carbonyl (C=O) groups is 1. The molecule has 2 aromatic rings. The Labute approximate surface area is 148 Å². The third kappa shape index (κ3) is 4.88. The van der Waals surface area contributed by atoms with Crippen LogP contribution in [-0.4, -0.2) is 32.4 Å². The molecule has 0 aliphatic rings. The van der Waals surface area contributed by atoms with Crippen molar-refractivity contribution >= 4 is 40.9 Å².